The van der Waals surface area contributed by atoms with E-state index in [0.717, 1.165) is 5.56 Å². The Morgan fingerprint density at radius 2 is 1.94 bits per heavy atom. The van der Waals surface area contributed by atoms with Gasteiger partial charge in [-0.3, -0.25) is 4.79 Å². The lowest BCUT2D eigenvalue weighted by atomic mass is 10.0. The lowest BCUT2D eigenvalue weighted by molar-refractivity contribution is -0.121. The molecule has 1 amide bonds. The van der Waals surface area contributed by atoms with Crippen LogP contribution in [0.2, 0.25) is 0 Å². The molecule has 0 bridgehead atoms. The summed E-state index contributed by atoms with van der Waals surface area (Å²) < 4.78 is 12.7. The molecule has 1 unspecified atom stereocenters. The molecule has 0 heterocycles. The molecule has 4 heteroatoms. The summed E-state index contributed by atoms with van der Waals surface area (Å²) in [6.07, 6.45) is 0.780. The van der Waals surface area contributed by atoms with Crippen LogP contribution in [-0.2, 0) is 11.2 Å². The summed E-state index contributed by atoms with van der Waals surface area (Å²) >= 11 is 0. The zero-order valence-corrected chi connectivity index (χ0v) is 10.8. The second-order valence-electron chi connectivity index (χ2n) is 4.73. The van der Waals surface area contributed by atoms with Gasteiger partial charge in [0.05, 0.1) is 6.42 Å². The van der Waals surface area contributed by atoms with Gasteiger partial charge in [-0.05, 0) is 30.0 Å². The number of rotatable bonds is 6. The van der Waals surface area contributed by atoms with E-state index in [0.29, 0.717) is 6.42 Å². The summed E-state index contributed by atoms with van der Waals surface area (Å²) in [4.78, 5) is 11.8. The number of hydrogen-bond acceptors (Lipinski definition) is 2. The number of aliphatic hydroxyl groups is 1. The molecular weight excluding hydrogens is 233 g/mol. The number of carbonyl (C=O) groups is 1. The Kier molecular flexibility index (Phi) is 5.78. The second-order valence-corrected chi connectivity index (χ2v) is 4.73. The van der Waals surface area contributed by atoms with Crippen molar-refractivity contribution in [1.82, 2.24) is 5.32 Å². The van der Waals surface area contributed by atoms with Crippen LogP contribution in [0.1, 0.15) is 25.8 Å². The average molecular weight is 253 g/mol. The third kappa shape index (κ3) is 4.84. The number of amides is 1. The zero-order chi connectivity index (χ0) is 13.5. The summed E-state index contributed by atoms with van der Waals surface area (Å²) in [6.45, 7) is 4.05. The van der Waals surface area contributed by atoms with Crippen molar-refractivity contribution in [3.63, 3.8) is 0 Å². The van der Waals surface area contributed by atoms with Gasteiger partial charge in [-0.2, -0.15) is 0 Å². The molecule has 0 aliphatic heterocycles. The molecule has 0 radical (unpaired) electrons. The number of halogens is 1. The fraction of sp³-hybridized carbons (Fsp3) is 0.500. The Balaban J connectivity index is 2.52. The van der Waals surface area contributed by atoms with Gasteiger partial charge in [-0.15, -0.1) is 0 Å². The van der Waals surface area contributed by atoms with E-state index in [1.807, 2.05) is 13.8 Å². The van der Waals surface area contributed by atoms with Crippen LogP contribution in [0.15, 0.2) is 24.3 Å². The highest BCUT2D eigenvalue weighted by atomic mass is 19.1. The van der Waals surface area contributed by atoms with Crippen LogP contribution in [0.25, 0.3) is 0 Å². The number of benzene rings is 1. The van der Waals surface area contributed by atoms with Gasteiger partial charge in [0.25, 0.3) is 0 Å². The van der Waals surface area contributed by atoms with Crippen molar-refractivity contribution in [3.8, 4) is 0 Å². The third-order valence-corrected chi connectivity index (χ3v) is 2.87. The molecule has 0 spiro atoms. The number of nitrogens with one attached hydrogen (secondary N) is 1. The van der Waals surface area contributed by atoms with Crippen LogP contribution < -0.4 is 5.32 Å². The maximum Gasteiger partial charge on any atom is 0.224 e. The SMILES string of the molecule is CC(C)C(CCO)NC(=O)Cc1ccc(F)cc1. The van der Waals surface area contributed by atoms with E-state index in [-0.39, 0.29) is 36.7 Å². The molecule has 1 aromatic rings. The smallest absolute Gasteiger partial charge is 0.224 e. The fourth-order valence-electron chi connectivity index (χ4n) is 1.76. The first-order valence-electron chi connectivity index (χ1n) is 6.17. The first-order valence-corrected chi connectivity index (χ1v) is 6.17. The largest absolute Gasteiger partial charge is 0.396 e. The molecule has 2 N–H and O–H groups in total. The van der Waals surface area contributed by atoms with E-state index in [1.54, 1.807) is 12.1 Å². The highest BCUT2D eigenvalue weighted by Crippen LogP contribution is 2.07. The van der Waals surface area contributed by atoms with E-state index in [4.69, 9.17) is 5.11 Å². The Morgan fingerprint density at radius 1 is 1.33 bits per heavy atom. The van der Waals surface area contributed by atoms with Crippen LogP contribution in [-0.4, -0.2) is 23.7 Å². The Hall–Kier alpha value is -1.42. The predicted molar refractivity (Wildman–Crippen MR) is 68.6 cm³/mol. The molecule has 1 rings (SSSR count). The summed E-state index contributed by atoms with van der Waals surface area (Å²) in [5.41, 5.74) is 0.778. The molecular formula is C14H20FNO2. The number of carbonyl (C=O) groups excluding carboxylic acids is 1. The average Bonchev–Trinajstić information content (AvgIpc) is 2.31. The lowest BCUT2D eigenvalue weighted by Crippen LogP contribution is -2.40. The molecule has 0 aliphatic carbocycles. The zero-order valence-electron chi connectivity index (χ0n) is 10.8. The van der Waals surface area contributed by atoms with Crippen molar-refractivity contribution < 1.29 is 14.3 Å². The second kappa shape index (κ2) is 7.11. The fourth-order valence-corrected chi connectivity index (χ4v) is 1.76. The maximum absolute atomic E-state index is 12.7. The molecule has 100 valence electrons. The molecule has 18 heavy (non-hydrogen) atoms. The molecule has 3 nitrogen and oxygen atoms in total. The Labute approximate surface area is 107 Å². The van der Waals surface area contributed by atoms with Gasteiger partial charge in [0, 0.05) is 12.6 Å². The minimum atomic E-state index is -0.306. The van der Waals surface area contributed by atoms with Crippen molar-refractivity contribution in [1.29, 1.82) is 0 Å². The van der Waals surface area contributed by atoms with Gasteiger partial charge in [0.15, 0.2) is 0 Å². The molecule has 0 aliphatic rings. The van der Waals surface area contributed by atoms with Crippen LogP contribution >= 0.6 is 0 Å². The molecule has 1 atom stereocenters. The monoisotopic (exact) mass is 253 g/mol. The number of hydrogen-bond donors (Lipinski definition) is 2. The van der Waals surface area contributed by atoms with Gasteiger partial charge in [-0.25, -0.2) is 4.39 Å². The maximum atomic E-state index is 12.7. The highest BCUT2D eigenvalue weighted by Gasteiger charge is 2.15. The van der Waals surface area contributed by atoms with Gasteiger partial charge >= 0.3 is 0 Å². The normalized spacial score (nSPS) is 12.5. The molecule has 0 fully saturated rings. The topological polar surface area (TPSA) is 49.3 Å². The van der Waals surface area contributed by atoms with Crippen molar-refractivity contribution in [2.75, 3.05) is 6.61 Å². The Bertz CT molecular complexity index is 376. The first kappa shape index (κ1) is 14.6. The Morgan fingerprint density at radius 3 is 2.44 bits per heavy atom. The van der Waals surface area contributed by atoms with Crippen LogP contribution in [0.5, 0.6) is 0 Å². The van der Waals surface area contributed by atoms with E-state index in [9.17, 15) is 9.18 Å². The van der Waals surface area contributed by atoms with Gasteiger partial charge < -0.3 is 10.4 Å². The van der Waals surface area contributed by atoms with Gasteiger partial charge in [0.2, 0.25) is 5.91 Å². The van der Waals surface area contributed by atoms with E-state index in [2.05, 4.69) is 5.32 Å². The highest BCUT2D eigenvalue weighted by molar-refractivity contribution is 5.78. The van der Waals surface area contributed by atoms with Crippen molar-refractivity contribution >= 4 is 5.91 Å². The van der Waals surface area contributed by atoms with Crippen molar-refractivity contribution in [3.05, 3.63) is 35.6 Å². The lowest BCUT2D eigenvalue weighted by Gasteiger charge is -2.21. The van der Waals surface area contributed by atoms with E-state index in [1.165, 1.54) is 12.1 Å². The number of aliphatic hydroxyl groups excluding tert-OH is 1. The minimum Gasteiger partial charge on any atom is -0.396 e. The molecule has 0 aromatic heterocycles. The molecule has 1 aromatic carbocycles. The van der Waals surface area contributed by atoms with E-state index < -0.39 is 0 Å². The first-order chi connectivity index (χ1) is 8.52. The van der Waals surface area contributed by atoms with E-state index >= 15 is 0 Å². The van der Waals surface area contributed by atoms with Crippen molar-refractivity contribution in [2.24, 2.45) is 5.92 Å². The summed E-state index contributed by atoms with van der Waals surface area (Å²) in [7, 11) is 0. The summed E-state index contributed by atoms with van der Waals surface area (Å²) in [6, 6.07) is 5.87. The van der Waals surface area contributed by atoms with Crippen molar-refractivity contribution in [2.45, 2.75) is 32.7 Å². The predicted octanol–water partition coefficient (Wildman–Crippen LogP) is 1.89. The summed E-state index contributed by atoms with van der Waals surface area (Å²) in [5, 5.41) is 11.8. The summed E-state index contributed by atoms with van der Waals surface area (Å²) in [5.74, 6) is -0.137. The third-order valence-electron chi connectivity index (χ3n) is 2.87. The molecule has 0 saturated carbocycles. The minimum absolute atomic E-state index is 0.0250. The standard InChI is InChI=1S/C14H20FNO2/c1-10(2)13(7-8-17)16-14(18)9-11-3-5-12(15)6-4-11/h3-6,10,13,17H,7-9H2,1-2H3,(H,16,18). The van der Waals surface area contributed by atoms with Gasteiger partial charge in [0.1, 0.15) is 5.82 Å². The van der Waals surface area contributed by atoms with Crippen LogP contribution in [0.4, 0.5) is 4.39 Å². The van der Waals surface area contributed by atoms with Crippen LogP contribution in [0, 0.1) is 11.7 Å². The quantitative estimate of drug-likeness (QED) is 0.813. The molecule has 0 saturated heterocycles. The van der Waals surface area contributed by atoms with Crippen LogP contribution in [0.3, 0.4) is 0 Å². The van der Waals surface area contributed by atoms with Gasteiger partial charge in [-0.1, -0.05) is 26.0 Å².